The molecule has 4 saturated carbocycles. The van der Waals surface area contributed by atoms with Crippen LogP contribution >= 0.6 is 11.3 Å². The van der Waals surface area contributed by atoms with Crippen molar-refractivity contribution in [1.29, 1.82) is 0 Å². The summed E-state index contributed by atoms with van der Waals surface area (Å²) in [5.41, 5.74) is 1.90. The Bertz CT molecular complexity index is 430. The van der Waals surface area contributed by atoms with Gasteiger partial charge in [0.15, 0.2) is 0 Å². The van der Waals surface area contributed by atoms with Gasteiger partial charge in [0.25, 0.3) is 0 Å². The number of carbonyl (C=O) groups is 1. The van der Waals surface area contributed by atoms with E-state index in [0.717, 1.165) is 22.6 Å². The maximum absolute atomic E-state index is 12.7. The van der Waals surface area contributed by atoms with Gasteiger partial charge in [-0.3, -0.25) is 9.78 Å². The largest absolute Gasteiger partial charge is 0.299 e. The van der Waals surface area contributed by atoms with Gasteiger partial charge in [-0.1, -0.05) is 0 Å². The van der Waals surface area contributed by atoms with Gasteiger partial charge in [0.05, 0.1) is 5.51 Å². The Morgan fingerprint density at radius 2 is 1.83 bits per heavy atom. The fourth-order valence-electron chi connectivity index (χ4n) is 5.13. The lowest BCUT2D eigenvalue weighted by Crippen LogP contribution is -2.50. The van der Waals surface area contributed by atoms with Gasteiger partial charge in [-0.05, 0) is 56.3 Å². The van der Waals surface area contributed by atoms with E-state index in [-0.39, 0.29) is 5.41 Å². The van der Waals surface area contributed by atoms with Gasteiger partial charge in [0.1, 0.15) is 5.78 Å². The van der Waals surface area contributed by atoms with Gasteiger partial charge in [-0.25, -0.2) is 0 Å². The Morgan fingerprint density at radius 1 is 1.22 bits per heavy atom. The van der Waals surface area contributed by atoms with Crippen molar-refractivity contribution in [2.75, 3.05) is 0 Å². The maximum Gasteiger partial charge on any atom is 0.144 e. The molecule has 0 saturated heterocycles. The molecule has 4 aliphatic rings. The molecule has 0 spiro atoms. The van der Waals surface area contributed by atoms with E-state index in [1.165, 1.54) is 38.5 Å². The Kier molecular flexibility index (Phi) is 2.41. The van der Waals surface area contributed by atoms with Crippen LogP contribution in [0.3, 0.4) is 0 Å². The topological polar surface area (TPSA) is 30.0 Å². The first kappa shape index (κ1) is 11.2. The fourth-order valence-corrected chi connectivity index (χ4v) is 5.72. The van der Waals surface area contributed by atoms with Gasteiger partial charge >= 0.3 is 0 Å². The monoisotopic (exact) mass is 261 g/mol. The quantitative estimate of drug-likeness (QED) is 0.834. The van der Waals surface area contributed by atoms with Crippen LogP contribution in [0.2, 0.25) is 0 Å². The Labute approximate surface area is 112 Å². The van der Waals surface area contributed by atoms with Crippen LogP contribution < -0.4 is 0 Å². The summed E-state index contributed by atoms with van der Waals surface area (Å²) in [7, 11) is 0. The first-order valence-corrected chi connectivity index (χ1v) is 8.02. The zero-order valence-electron chi connectivity index (χ0n) is 10.6. The van der Waals surface area contributed by atoms with Crippen LogP contribution in [0.5, 0.6) is 0 Å². The van der Waals surface area contributed by atoms with Gasteiger partial charge < -0.3 is 0 Å². The molecule has 4 fully saturated rings. The van der Waals surface area contributed by atoms with Crippen molar-refractivity contribution in [3.05, 3.63) is 16.6 Å². The average Bonchev–Trinajstić information content (AvgIpc) is 2.79. The van der Waals surface area contributed by atoms with Crippen molar-refractivity contribution in [2.24, 2.45) is 23.2 Å². The summed E-state index contributed by atoms with van der Waals surface area (Å²) in [6.07, 6.45) is 10.3. The highest BCUT2D eigenvalue weighted by atomic mass is 32.1. The van der Waals surface area contributed by atoms with Crippen molar-refractivity contribution in [3.8, 4) is 0 Å². The third kappa shape index (κ3) is 1.67. The second-order valence-corrected chi connectivity index (χ2v) is 7.74. The zero-order valence-corrected chi connectivity index (χ0v) is 11.4. The van der Waals surface area contributed by atoms with Crippen LogP contribution in [0, 0.1) is 23.2 Å². The third-order valence-corrected chi connectivity index (χ3v) is 6.23. The molecule has 0 aromatic carbocycles. The van der Waals surface area contributed by atoms with Crippen molar-refractivity contribution >= 4 is 17.1 Å². The van der Waals surface area contributed by atoms with Crippen LogP contribution in [0.25, 0.3) is 0 Å². The smallest absolute Gasteiger partial charge is 0.144 e. The lowest BCUT2D eigenvalue weighted by atomic mass is 9.48. The van der Waals surface area contributed by atoms with E-state index in [0.29, 0.717) is 12.2 Å². The fraction of sp³-hybridized carbons (Fsp3) is 0.733. The van der Waals surface area contributed by atoms with E-state index >= 15 is 0 Å². The highest BCUT2D eigenvalue weighted by molar-refractivity contribution is 7.09. The van der Waals surface area contributed by atoms with Gasteiger partial charge in [-0.2, -0.15) is 0 Å². The number of thiazole rings is 1. The molecule has 0 unspecified atom stereocenters. The van der Waals surface area contributed by atoms with Gasteiger partial charge in [0, 0.05) is 22.9 Å². The second kappa shape index (κ2) is 3.89. The normalized spacial score (nSPS) is 41.2. The van der Waals surface area contributed by atoms with Crippen LogP contribution in [-0.4, -0.2) is 10.8 Å². The molecule has 0 aliphatic heterocycles. The molecule has 18 heavy (non-hydrogen) atoms. The molecule has 96 valence electrons. The summed E-state index contributed by atoms with van der Waals surface area (Å²) in [4.78, 5) is 18.0. The number of carbonyl (C=O) groups excluding carboxylic acids is 1. The Hall–Kier alpha value is -0.700. The highest BCUT2D eigenvalue weighted by Gasteiger charge is 2.53. The average molecular weight is 261 g/mol. The number of aromatic nitrogens is 1. The van der Waals surface area contributed by atoms with E-state index < -0.39 is 0 Å². The minimum absolute atomic E-state index is 0.0682. The van der Waals surface area contributed by atoms with E-state index in [4.69, 9.17) is 0 Å². The molecule has 4 aliphatic carbocycles. The van der Waals surface area contributed by atoms with Crippen LogP contribution in [0.15, 0.2) is 11.7 Å². The maximum atomic E-state index is 12.7. The summed E-state index contributed by atoms with van der Waals surface area (Å²) < 4.78 is 0. The number of hydrogen-bond acceptors (Lipinski definition) is 3. The molecule has 0 N–H and O–H groups in total. The molecule has 0 amide bonds. The third-order valence-electron chi connectivity index (χ3n) is 5.45. The molecule has 1 heterocycles. The van der Waals surface area contributed by atoms with E-state index in [9.17, 15) is 4.79 Å². The number of nitrogens with zero attached hydrogens (tertiary/aromatic N) is 1. The molecule has 0 atom stereocenters. The zero-order chi connectivity index (χ0) is 12.2. The molecular formula is C15H19NOS. The predicted octanol–water partition coefficient (Wildman–Crippen LogP) is 3.47. The minimum Gasteiger partial charge on any atom is -0.299 e. The van der Waals surface area contributed by atoms with Crippen molar-refractivity contribution < 1.29 is 4.79 Å². The second-order valence-electron chi connectivity index (χ2n) is 6.77. The van der Waals surface area contributed by atoms with Gasteiger partial charge in [0.2, 0.25) is 0 Å². The summed E-state index contributed by atoms with van der Waals surface area (Å²) in [5.74, 6) is 3.11. The lowest BCUT2D eigenvalue weighted by Gasteiger charge is -2.56. The molecule has 1 aromatic rings. The van der Waals surface area contributed by atoms with Crippen molar-refractivity contribution in [3.63, 3.8) is 0 Å². The summed E-state index contributed by atoms with van der Waals surface area (Å²) in [5, 5.41) is 0. The van der Waals surface area contributed by atoms with Crippen LogP contribution in [0.4, 0.5) is 0 Å². The number of rotatable bonds is 3. The van der Waals surface area contributed by atoms with Crippen LogP contribution in [0.1, 0.15) is 43.4 Å². The molecular weight excluding hydrogens is 242 g/mol. The van der Waals surface area contributed by atoms with E-state index in [1.807, 2.05) is 11.7 Å². The summed E-state index contributed by atoms with van der Waals surface area (Å²) in [6.45, 7) is 0. The van der Waals surface area contributed by atoms with Crippen LogP contribution in [-0.2, 0) is 11.2 Å². The predicted molar refractivity (Wildman–Crippen MR) is 71.4 cm³/mol. The SMILES string of the molecule is O=C(Cc1cncs1)C12CC3CC(CC(C3)C1)C2. The molecule has 5 rings (SSSR count). The number of Topliss-reactive ketones (excluding diaryl/α,β-unsaturated/α-hetero) is 1. The molecule has 4 bridgehead atoms. The number of ketones is 1. The highest BCUT2D eigenvalue weighted by Crippen LogP contribution is 2.60. The molecule has 2 nitrogen and oxygen atoms in total. The van der Waals surface area contributed by atoms with E-state index in [1.54, 1.807) is 11.3 Å². The minimum atomic E-state index is 0.0682. The summed E-state index contributed by atoms with van der Waals surface area (Å²) >= 11 is 1.62. The lowest BCUT2D eigenvalue weighted by molar-refractivity contribution is -0.143. The Morgan fingerprint density at radius 3 is 2.33 bits per heavy atom. The standard InChI is InChI=1S/C15H19NOS/c17-14(4-13-8-16-9-18-13)15-5-10-1-11(6-15)3-12(2-10)7-15/h8-12H,1-7H2. The first-order valence-electron chi connectivity index (χ1n) is 7.14. The first-order chi connectivity index (χ1) is 8.73. The molecule has 0 radical (unpaired) electrons. The molecule has 1 aromatic heterocycles. The van der Waals surface area contributed by atoms with Crippen molar-refractivity contribution in [2.45, 2.75) is 44.9 Å². The molecule has 3 heteroatoms. The number of hydrogen-bond donors (Lipinski definition) is 0. The van der Waals surface area contributed by atoms with Gasteiger partial charge in [-0.15, -0.1) is 11.3 Å². The Balaban J connectivity index is 1.58. The van der Waals surface area contributed by atoms with Crippen molar-refractivity contribution in [1.82, 2.24) is 4.98 Å². The summed E-state index contributed by atoms with van der Waals surface area (Å²) in [6, 6.07) is 0. The van der Waals surface area contributed by atoms with E-state index in [2.05, 4.69) is 4.98 Å².